The number of piperazine rings is 1. The number of nitrogens with one attached hydrogen (secondary N) is 1. The van der Waals surface area contributed by atoms with Crippen molar-refractivity contribution in [3.8, 4) is 5.75 Å². The molecule has 1 amide bonds. The minimum absolute atomic E-state index is 0.0368. The number of methoxy groups -OCH3 is 1. The van der Waals surface area contributed by atoms with Crippen LogP contribution >= 0.6 is 0 Å². The summed E-state index contributed by atoms with van der Waals surface area (Å²) in [5.74, 6) is -2.82. The molecule has 1 saturated heterocycles. The van der Waals surface area contributed by atoms with Gasteiger partial charge in [-0.2, -0.15) is 0 Å². The van der Waals surface area contributed by atoms with Crippen LogP contribution in [-0.4, -0.2) is 84.7 Å². The maximum Gasteiger partial charge on any atom is 0.414 e. The van der Waals surface area contributed by atoms with Crippen molar-refractivity contribution in [1.82, 2.24) is 9.80 Å². The van der Waals surface area contributed by atoms with Crippen molar-refractivity contribution in [1.29, 1.82) is 0 Å². The number of carbonyl (C=O) groups is 3. The molecule has 138 valence electrons. The number of aliphatic carboxylic acids is 2. The summed E-state index contributed by atoms with van der Waals surface area (Å²) in [4.78, 5) is 34.6. The van der Waals surface area contributed by atoms with E-state index < -0.39 is 11.9 Å². The standard InChI is InChI=1S/C14H21N3O2.C2H2O4/c1-16-7-9-17(10-8-16)11-14(18)15-12-3-5-13(19-2)6-4-12;3-1(4)2(5)6/h3-6H,7-11H2,1-2H3,(H,15,18);(H,3,4)(H,5,6). The normalized spacial score (nSPS) is 14.8. The predicted octanol–water partition coefficient (Wildman–Crippen LogP) is 0.0367. The first-order valence-corrected chi connectivity index (χ1v) is 7.63. The number of ether oxygens (including phenoxy) is 1. The Balaban J connectivity index is 0.000000450. The van der Waals surface area contributed by atoms with Crippen LogP contribution in [0.15, 0.2) is 24.3 Å². The van der Waals surface area contributed by atoms with E-state index in [1.807, 2.05) is 24.3 Å². The fourth-order valence-corrected chi connectivity index (χ4v) is 2.08. The summed E-state index contributed by atoms with van der Waals surface area (Å²) in [5, 5.41) is 17.7. The number of hydrogen-bond acceptors (Lipinski definition) is 6. The fraction of sp³-hybridized carbons (Fsp3) is 0.438. The van der Waals surface area contributed by atoms with Crippen LogP contribution in [0.3, 0.4) is 0 Å². The van der Waals surface area contributed by atoms with Crippen molar-refractivity contribution in [2.24, 2.45) is 0 Å². The maximum absolute atomic E-state index is 11.9. The Hall–Kier alpha value is -2.65. The van der Waals surface area contributed by atoms with Crippen LogP contribution in [-0.2, 0) is 14.4 Å². The lowest BCUT2D eigenvalue weighted by atomic mass is 10.3. The highest BCUT2D eigenvalue weighted by atomic mass is 16.5. The van der Waals surface area contributed by atoms with Gasteiger partial charge in [-0.1, -0.05) is 0 Å². The highest BCUT2D eigenvalue weighted by Crippen LogP contribution is 2.14. The average Bonchev–Trinajstić information content (AvgIpc) is 2.58. The molecule has 9 heteroatoms. The van der Waals surface area contributed by atoms with Crippen LogP contribution in [0, 0.1) is 0 Å². The first-order chi connectivity index (χ1) is 11.8. The SMILES string of the molecule is COc1ccc(NC(=O)CN2CCN(C)CC2)cc1.O=C(O)C(=O)O. The van der Waals surface area contributed by atoms with E-state index in [0.29, 0.717) is 6.54 Å². The van der Waals surface area contributed by atoms with E-state index in [9.17, 15) is 4.79 Å². The molecule has 2 rings (SSSR count). The second-order valence-corrected chi connectivity index (χ2v) is 5.47. The van der Waals surface area contributed by atoms with Gasteiger partial charge >= 0.3 is 11.9 Å². The van der Waals surface area contributed by atoms with E-state index >= 15 is 0 Å². The topological polar surface area (TPSA) is 119 Å². The quantitative estimate of drug-likeness (QED) is 0.649. The second-order valence-electron chi connectivity index (χ2n) is 5.47. The predicted molar refractivity (Wildman–Crippen MR) is 90.8 cm³/mol. The lowest BCUT2D eigenvalue weighted by molar-refractivity contribution is -0.159. The number of amides is 1. The number of rotatable bonds is 4. The zero-order valence-corrected chi connectivity index (χ0v) is 14.3. The summed E-state index contributed by atoms with van der Waals surface area (Å²) < 4.78 is 5.08. The Morgan fingerprint density at radius 2 is 1.56 bits per heavy atom. The molecule has 3 N–H and O–H groups in total. The molecule has 0 spiro atoms. The highest BCUT2D eigenvalue weighted by molar-refractivity contribution is 6.27. The van der Waals surface area contributed by atoms with Gasteiger partial charge in [-0.05, 0) is 31.3 Å². The summed E-state index contributed by atoms with van der Waals surface area (Å²) in [6, 6.07) is 7.37. The Morgan fingerprint density at radius 3 is 2.00 bits per heavy atom. The average molecular weight is 353 g/mol. The molecule has 1 heterocycles. The summed E-state index contributed by atoms with van der Waals surface area (Å²) in [6.07, 6.45) is 0. The first-order valence-electron chi connectivity index (χ1n) is 7.63. The zero-order chi connectivity index (χ0) is 18.8. The Bertz CT molecular complexity index is 570. The van der Waals surface area contributed by atoms with Crippen LogP contribution in [0.2, 0.25) is 0 Å². The lowest BCUT2D eigenvalue weighted by Crippen LogP contribution is -2.47. The van der Waals surface area contributed by atoms with Crippen LogP contribution < -0.4 is 10.1 Å². The van der Waals surface area contributed by atoms with E-state index in [4.69, 9.17) is 24.5 Å². The Morgan fingerprint density at radius 1 is 1.04 bits per heavy atom. The molecule has 1 aliphatic heterocycles. The van der Waals surface area contributed by atoms with E-state index in [2.05, 4.69) is 22.2 Å². The minimum atomic E-state index is -1.82. The number of nitrogens with zero attached hydrogens (tertiary/aromatic N) is 2. The van der Waals surface area contributed by atoms with Crippen LogP contribution in [0.5, 0.6) is 5.75 Å². The minimum Gasteiger partial charge on any atom is -0.497 e. The number of hydrogen-bond donors (Lipinski definition) is 3. The molecule has 0 bridgehead atoms. The van der Waals surface area contributed by atoms with Gasteiger partial charge in [-0.3, -0.25) is 9.69 Å². The van der Waals surface area contributed by atoms with Gasteiger partial charge in [0.05, 0.1) is 13.7 Å². The van der Waals surface area contributed by atoms with Gasteiger partial charge in [0, 0.05) is 31.9 Å². The zero-order valence-electron chi connectivity index (χ0n) is 14.3. The van der Waals surface area contributed by atoms with E-state index in [0.717, 1.165) is 37.6 Å². The Labute approximate surface area is 145 Å². The lowest BCUT2D eigenvalue weighted by Gasteiger charge is -2.31. The molecule has 0 unspecified atom stereocenters. The largest absolute Gasteiger partial charge is 0.497 e. The summed E-state index contributed by atoms with van der Waals surface area (Å²) in [5.41, 5.74) is 0.805. The van der Waals surface area contributed by atoms with Crippen LogP contribution in [0.25, 0.3) is 0 Å². The molecule has 0 aliphatic carbocycles. The van der Waals surface area contributed by atoms with Crippen molar-refractivity contribution in [3.63, 3.8) is 0 Å². The molecule has 1 aromatic carbocycles. The van der Waals surface area contributed by atoms with Gasteiger partial charge < -0.3 is 25.2 Å². The summed E-state index contributed by atoms with van der Waals surface area (Å²) >= 11 is 0. The maximum atomic E-state index is 11.9. The third-order valence-corrected chi connectivity index (χ3v) is 3.52. The molecule has 9 nitrogen and oxygen atoms in total. The molecular formula is C16H23N3O6. The number of carbonyl (C=O) groups excluding carboxylic acids is 1. The second kappa shape index (κ2) is 10.3. The number of benzene rings is 1. The smallest absolute Gasteiger partial charge is 0.414 e. The van der Waals surface area contributed by atoms with Gasteiger partial charge in [0.15, 0.2) is 0 Å². The summed E-state index contributed by atoms with van der Waals surface area (Å²) in [7, 11) is 3.73. The molecule has 0 aromatic heterocycles. The van der Waals surface area contributed by atoms with Gasteiger partial charge in [0.2, 0.25) is 5.91 Å². The van der Waals surface area contributed by atoms with Crippen molar-refractivity contribution in [2.45, 2.75) is 0 Å². The third kappa shape index (κ3) is 8.13. The van der Waals surface area contributed by atoms with E-state index in [1.165, 1.54) is 0 Å². The molecule has 1 aromatic rings. The van der Waals surface area contributed by atoms with Crippen molar-refractivity contribution in [2.75, 3.05) is 52.2 Å². The molecule has 1 fully saturated rings. The summed E-state index contributed by atoms with van der Waals surface area (Å²) in [6.45, 7) is 4.41. The molecule has 0 saturated carbocycles. The molecule has 25 heavy (non-hydrogen) atoms. The van der Waals surface area contributed by atoms with Crippen LogP contribution in [0.1, 0.15) is 0 Å². The third-order valence-electron chi connectivity index (χ3n) is 3.52. The van der Waals surface area contributed by atoms with Gasteiger partial charge in [0.25, 0.3) is 0 Å². The fourth-order valence-electron chi connectivity index (χ4n) is 2.08. The number of carboxylic acids is 2. The molecule has 0 radical (unpaired) electrons. The number of likely N-dealkylation sites (N-methyl/N-ethyl adjacent to an activating group) is 1. The van der Waals surface area contributed by atoms with E-state index in [1.54, 1.807) is 7.11 Å². The van der Waals surface area contributed by atoms with Crippen molar-refractivity contribution < 1.29 is 29.3 Å². The number of carboxylic acid groups (broad SMARTS) is 2. The van der Waals surface area contributed by atoms with Gasteiger partial charge in [0.1, 0.15) is 5.75 Å². The molecular weight excluding hydrogens is 330 g/mol. The van der Waals surface area contributed by atoms with Crippen molar-refractivity contribution in [3.05, 3.63) is 24.3 Å². The number of anilines is 1. The van der Waals surface area contributed by atoms with Crippen molar-refractivity contribution >= 4 is 23.5 Å². The molecule has 1 aliphatic rings. The van der Waals surface area contributed by atoms with Gasteiger partial charge in [-0.15, -0.1) is 0 Å². The van der Waals surface area contributed by atoms with Gasteiger partial charge in [-0.25, -0.2) is 9.59 Å². The molecule has 0 atom stereocenters. The van der Waals surface area contributed by atoms with E-state index in [-0.39, 0.29) is 5.91 Å². The Kier molecular flexibility index (Phi) is 8.37. The van der Waals surface area contributed by atoms with Crippen LogP contribution in [0.4, 0.5) is 5.69 Å². The first kappa shape index (κ1) is 20.4. The monoisotopic (exact) mass is 353 g/mol. The highest BCUT2D eigenvalue weighted by Gasteiger charge is 2.16.